The third-order valence-corrected chi connectivity index (χ3v) is 5.08. The lowest BCUT2D eigenvalue weighted by Gasteiger charge is -2.33. The number of rotatable bonds is 8. The zero-order valence-electron chi connectivity index (χ0n) is 20.5. The lowest BCUT2D eigenvalue weighted by atomic mass is 9.86. The third kappa shape index (κ3) is 6.35. The average molecular weight is 443 g/mol. The number of carbonyl (C=O) groups is 1. The molecule has 0 bridgehead atoms. The van der Waals surface area contributed by atoms with Gasteiger partial charge in [0.1, 0.15) is 22.9 Å². The van der Waals surface area contributed by atoms with E-state index in [-0.39, 0.29) is 5.92 Å². The summed E-state index contributed by atoms with van der Waals surface area (Å²) in [6.45, 7) is 16.1. The third-order valence-electron chi connectivity index (χ3n) is 5.08. The quantitative estimate of drug-likeness (QED) is 0.246. The topological polar surface area (TPSA) is 44.8 Å². The van der Waals surface area contributed by atoms with E-state index in [0.29, 0.717) is 35.7 Å². The Morgan fingerprint density at radius 2 is 1.84 bits per heavy atom. The predicted octanol–water partition coefficient (Wildman–Crippen LogP) is 7.06. The molecule has 5 heteroatoms. The van der Waals surface area contributed by atoms with Gasteiger partial charge in [-0.3, -0.25) is 0 Å². The van der Waals surface area contributed by atoms with Gasteiger partial charge in [-0.25, -0.2) is 9.18 Å². The maximum absolute atomic E-state index is 15.1. The van der Waals surface area contributed by atoms with Gasteiger partial charge in [-0.2, -0.15) is 0 Å². The molecule has 1 heterocycles. The van der Waals surface area contributed by atoms with Crippen molar-refractivity contribution < 1.29 is 23.4 Å². The van der Waals surface area contributed by atoms with Crippen LogP contribution in [0, 0.1) is 5.92 Å². The second kappa shape index (κ2) is 10.7. The Morgan fingerprint density at radius 1 is 1.16 bits per heavy atom. The van der Waals surface area contributed by atoms with E-state index in [4.69, 9.17) is 14.2 Å². The highest BCUT2D eigenvalue weighted by molar-refractivity contribution is 5.84. The number of carbonyl (C=O) groups excluding carboxylic acids is 1. The molecule has 2 rings (SSSR count). The molecule has 1 aliphatic heterocycles. The number of fused-ring (bicyclic) bond motifs is 1. The van der Waals surface area contributed by atoms with E-state index in [1.807, 2.05) is 32.9 Å². The van der Waals surface area contributed by atoms with Crippen LogP contribution >= 0.6 is 0 Å². The van der Waals surface area contributed by atoms with Crippen molar-refractivity contribution in [3.8, 4) is 11.5 Å². The molecule has 1 aliphatic rings. The van der Waals surface area contributed by atoms with E-state index in [1.165, 1.54) is 12.2 Å². The summed E-state index contributed by atoms with van der Waals surface area (Å²) in [5, 5.41) is 0. The minimum atomic E-state index is -0.444. The van der Waals surface area contributed by atoms with Crippen molar-refractivity contribution in [2.24, 2.45) is 5.92 Å². The largest absolute Gasteiger partial charge is 0.493 e. The lowest BCUT2D eigenvalue weighted by Crippen LogP contribution is -2.29. The molecule has 0 N–H and O–H groups in total. The Morgan fingerprint density at radius 3 is 2.44 bits per heavy atom. The van der Waals surface area contributed by atoms with Crippen LogP contribution < -0.4 is 9.47 Å². The number of hydrogen-bond donors (Lipinski definition) is 0. The minimum absolute atomic E-state index is 0.285. The Bertz CT molecular complexity index is 978. The second-order valence-corrected chi connectivity index (χ2v) is 8.68. The number of ether oxygens (including phenoxy) is 3. The first-order chi connectivity index (χ1) is 15.0. The first kappa shape index (κ1) is 25.4. The fourth-order valence-electron chi connectivity index (χ4n) is 3.56. The highest BCUT2D eigenvalue weighted by Crippen LogP contribution is 2.44. The van der Waals surface area contributed by atoms with E-state index in [9.17, 15) is 4.79 Å². The zero-order chi connectivity index (χ0) is 24.1. The lowest BCUT2D eigenvalue weighted by molar-refractivity contribution is -0.137. The van der Waals surface area contributed by atoms with E-state index in [0.717, 1.165) is 16.9 Å². The van der Waals surface area contributed by atoms with Crippen LogP contribution in [0.2, 0.25) is 0 Å². The summed E-state index contributed by atoms with van der Waals surface area (Å²) in [6, 6.07) is 3.81. The average Bonchev–Trinajstić information content (AvgIpc) is 2.70. The van der Waals surface area contributed by atoms with Crippen LogP contribution in [0.3, 0.4) is 0 Å². The van der Waals surface area contributed by atoms with Crippen LogP contribution in [0.4, 0.5) is 4.39 Å². The van der Waals surface area contributed by atoms with Gasteiger partial charge in [0, 0.05) is 23.3 Å². The number of hydrogen-bond acceptors (Lipinski definition) is 4. The molecule has 0 saturated carbocycles. The Kier molecular flexibility index (Phi) is 8.48. The van der Waals surface area contributed by atoms with Gasteiger partial charge in [0.15, 0.2) is 0 Å². The second-order valence-electron chi connectivity index (χ2n) is 8.68. The fraction of sp³-hybridized carbons (Fsp3) is 0.444. The van der Waals surface area contributed by atoms with Gasteiger partial charge in [-0.15, -0.1) is 0 Å². The summed E-state index contributed by atoms with van der Waals surface area (Å²) in [7, 11) is 0. The van der Waals surface area contributed by atoms with Crippen LogP contribution in [0.15, 0.2) is 47.8 Å². The Hall–Kier alpha value is -2.82. The monoisotopic (exact) mass is 442 g/mol. The van der Waals surface area contributed by atoms with E-state index in [1.54, 1.807) is 26.8 Å². The van der Waals surface area contributed by atoms with Crippen LogP contribution in [-0.2, 0) is 9.53 Å². The van der Waals surface area contributed by atoms with Gasteiger partial charge in [-0.1, -0.05) is 19.9 Å². The van der Waals surface area contributed by atoms with Gasteiger partial charge in [0.2, 0.25) is 0 Å². The summed E-state index contributed by atoms with van der Waals surface area (Å²) in [5.41, 5.74) is 3.41. The van der Waals surface area contributed by atoms with Crippen LogP contribution in [0.1, 0.15) is 66.5 Å². The molecule has 32 heavy (non-hydrogen) atoms. The summed E-state index contributed by atoms with van der Waals surface area (Å²) < 4.78 is 32.0. The molecule has 0 fully saturated rings. The van der Waals surface area contributed by atoms with Crippen molar-refractivity contribution in [2.75, 3.05) is 13.2 Å². The van der Waals surface area contributed by atoms with Crippen molar-refractivity contribution >= 4 is 17.1 Å². The molecule has 1 aromatic carbocycles. The van der Waals surface area contributed by atoms with Crippen LogP contribution in [-0.4, -0.2) is 24.8 Å². The standard InChI is InChI=1S/C27H35FO4/c1-9-30-24-15-25-21(22(17(3)4)16-27(7,8)32-25)14-20(24)19(6)23(28)12-11-18(5)13-26(29)31-10-2/h11-17H,9-10H2,1-8H3/b12-11+,18-13+,23-19+. The molecule has 0 unspecified atom stereocenters. The highest BCUT2D eigenvalue weighted by atomic mass is 19.1. The highest BCUT2D eigenvalue weighted by Gasteiger charge is 2.29. The summed E-state index contributed by atoms with van der Waals surface area (Å²) >= 11 is 0. The Balaban J connectivity index is 2.52. The van der Waals surface area contributed by atoms with E-state index in [2.05, 4.69) is 19.9 Å². The molecule has 0 amide bonds. The van der Waals surface area contributed by atoms with E-state index >= 15 is 4.39 Å². The fourth-order valence-corrected chi connectivity index (χ4v) is 3.56. The molecule has 174 valence electrons. The van der Waals surface area contributed by atoms with Crippen LogP contribution in [0.25, 0.3) is 11.1 Å². The number of halogens is 1. The molecule has 4 nitrogen and oxygen atoms in total. The van der Waals surface area contributed by atoms with Gasteiger partial charge in [0.05, 0.1) is 13.2 Å². The van der Waals surface area contributed by atoms with Crippen molar-refractivity contribution in [1.82, 2.24) is 0 Å². The molecule has 0 saturated heterocycles. The molecule has 0 aliphatic carbocycles. The molecular weight excluding hydrogens is 407 g/mol. The van der Waals surface area contributed by atoms with Gasteiger partial charge < -0.3 is 14.2 Å². The Labute approximate surface area is 191 Å². The van der Waals surface area contributed by atoms with Crippen molar-refractivity contribution in [2.45, 2.75) is 61.0 Å². The van der Waals surface area contributed by atoms with Gasteiger partial charge in [0.25, 0.3) is 0 Å². The maximum Gasteiger partial charge on any atom is 0.330 e. The minimum Gasteiger partial charge on any atom is -0.493 e. The van der Waals surface area contributed by atoms with Crippen LogP contribution in [0.5, 0.6) is 11.5 Å². The van der Waals surface area contributed by atoms with Gasteiger partial charge in [-0.05, 0) is 82.4 Å². The number of esters is 1. The first-order valence-electron chi connectivity index (χ1n) is 11.1. The summed E-state index contributed by atoms with van der Waals surface area (Å²) in [4.78, 5) is 11.6. The smallest absolute Gasteiger partial charge is 0.330 e. The summed E-state index contributed by atoms with van der Waals surface area (Å²) in [5.74, 6) is 0.749. The molecule has 0 atom stereocenters. The van der Waals surface area contributed by atoms with Crippen molar-refractivity contribution in [1.29, 1.82) is 0 Å². The molecule has 0 spiro atoms. The number of allylic oxidation sites excluding steroid dienone is 6. The SMILES string of the molecule is CCOC(=O)/C=C(C)/C=C/C(F)=C(/C)c1cc2c(cc1OCC)OC(C)(C)C=C2C(C)C. The first-order valence-corrected chi connectivity index (χ1v) is 11.1. The molecule has 1 aromatic rings. The molecule has 0 aromatic heterocycles. The molecule has 0 radical (unpaired) electrons. The molecular formula is C27H35FO4. The number of benzene rings is 1. The predicted molar refractivity (Wildman–Crippen MR) is 128 cm³/mol. The van der Waals surface area contributed by atoms with Gasteiger partial charge >= 0.3 is 5.97 Å². The van der Waals surface area contributed by atoms with Crippen molar-refractivity contribution in [3.63, 3.8) is 0 Å². The maximum atomic E-state index is 15.1. The normalized spacial score (nSPS) is 16.3. The van der Waals surface area contributed by atoms with Crippen molar-refractivity contribution in [3.05, 3.63) is 59.0 Å². The zero-order valence-corrected chi connectivity index (χ0v) is 20.5. The summed E-state index contributed by atoms with van der Waals surface area (Å²) in [6.07, 6.45) is 6.38. The van der Waals surface area contributed by atoms with E-state index < -0.39 is 17.4 Å².